The summed E-state index contributed by atoms with van der Waals surface area (Å²) in [6.07, 6.45) is -1.34. The Kier molecular flexibility index (Phi) is 1.03. The molecule has 0 aromatic rings. The van der Waals surface area contributed by atoms with Gasteiger partial charge in [0, 0.05) is 0 Å². The van der Waals surface area contributed by atoms with E-state index >= 15 is 0 Å². The first kappa shape index (κ1) is 3.96. The van der Waals surface area contributed by atoms with Crippen molar-refractivity contribution in [3.8, 4) is 6.57 Å². The van der Waals surface area contributed by atoms with Crippen molar-refractivity contribution >= 4 is 6.09 Å². The van der Waals surface area contributed by atoms with E-state index in [2.05, 4.69) is 11.4 Å². The number of hydrogen-bond donors (Lipinski definition) is 1. The molecule has 3 heteroatoms. The normalized spacial score (nSPS) is 5.40. The van der Waals surface area contributed by atoms with Crippen LogP contribution in [-0.4, -0.2) is 11.2 Å². The van der Waals surface area contributed by atoms with E-state index in [0.717, 1.165) is 0 Å². The Bertz CT molecular complexity index is 80.1. The van der Waals surface area contributed by atoms with Crippen LogP contribution in [0.3, 0.4) is 0 Å². The van der Waals surface area contributed by atoms with Crippen molar-refractivity contribution < 1.29 is 9.90 Å². The predicted molar refractivity (Wildman–Crippen MR) is 16.3 cm³/mol. The van der Waals surface area contributed by atoms with Gasteiger partial charge in [-0.3, -0.25) is 0 Å². The molecule has 0 rings (SSSR count). The average molecular weight is 72.0 g/mol. The Hall–Kier alpha value is -1.04. The molecule has 0 radical (unpaired) electrons. The smallest absolute Gasteiger partial charge is 0.413 e. The molecule has 0 aliphatic rings. The van der Waals surface area contributed by atoms with Gasteiger partial charge in [0.15, 0.2) is 0 Å². The molecule has 0 atom stereocenters. The molecule has 0 aromatic heterocycles. The Morgan fingerprint density at radius 1 is 2.00 bits per heavy atom. The van der Waals surface area contributed by atoms with Crippen LogP contribution in [0.4, 0.5) is 4.79 Å². The van der Waals surface area contributed by atoms with Crippen molar-refractivity contribution in [1.82, 2.24) is 0 Å². The van der Waals surface area contributed by atoms with Gasteiger partial charge >= 0.3 is 6.09 Å². The third kappa shape index (κ3) is 2.96. The number of nitrogens with zero attached hydrogens (tertiary/aromatic N) is 1. The topological polar surface area (TPSA) is 41.7 Å². The third-order valence-electron chi connectivity index (χ3n) is 0.110. The fourth-order valence-electron chi connectivity index (χ4n) is 0. The lowest BCUT2D eigenvalue weighted by molar-refractivity contribution is 0.213. The van der Waals surface area contributed by atoms with Crippen LogP contribution in [0.1, 0.15) is 0 Å². The lowest BCUT2D eigenvalue weighted by Crippen LogP contribution is -1.74. The minimum Gasteiger partial charge on any atom is -0.413 e. The molecule has 3 nitrogen and oxygen atoms in total. The Balaban J connectivity index is 3.35. The maximum absolute atomic E-state index is 9.08. The molecule has 1 N–H and O–H groups in total. The zero-order chi connectivity index (χ0) is 4.28. The van der Waals surface area contributed by atoms with Crippen LogP contribution in [0.25, 0.3) is 4.85 Å². The van der Waals surface area contributed by atoms with Gasteiger partial charge in [0.05, 0.1) is 4.85 Å². The maximum Gasteiger partial charge on any atom is 0.725 e. The molecule has 0 aromatic carbocycles. The zero-order valence-corrected chi connectivity index (χ0v) is 2.38. The van der Waals surface area contributed by atoms with Crippen molar-refractivity contribution in [3.63, 3.8) is 0 Å². The largest absolute Gasteiger partial charge is 0.725 e. The van der Waals surface area contributed by atoms with Crippen molar-refractivity contribution in [2.24, 2.45) is 0 Å². The molecule has 5 heavy (non-hydrogen) atoms. The van der Waals surface area contributed by atoms with E-state index in [1.807, 2.05) is 0 Å². The van der Waals surface area contributed by atoms with E-state index in [9.17, 15) is 0 Å². The monoisotopic (exact) mass is 72.0 g/mol. The predicted octanol–water partition coefficient (Wildman–Crippen LogP) is 0.627. The van der Waals surface area contributed by atoms with Crippen LogP contribution in [0, 0.1) is 6.57 Å². The first-order valence-electron chi connectivity index (χ1n) is 0.910. The van der Waals surface area contributed by atoms with Crippen molar-refractivity contribution in [2.45, 2.75) is 0 Å². The van der Waals surface area contributed by atoms with E-state index < -0.39 is 6.09 Å². The SMILES string of the molecule is C#[N+]C(=O)O. The molecule has 26 valence electrons. The Morgan fingerprint density at radius 3 is 2.20 bits per heavy atom. The molecule has 0 heterocycles. The molecular weight excluding hydrogens is 70.0 g/mol. The number of hydrogen-bond acceptors (Lipinski definition) is 1. The molecule has 1 amide bonds. The molecule has 0 fully saturated rings. The van der Waals surface area contributed by atoms with Crippen molar-refractivity contribution in [2.75, 3.05) is 0 Å². The number of amides is 1. The minimum atomic E-state index is -1.34. The van der Waals surface area contributed by atoms with E-state index in [-0.39, 0.29) is 0 Å². The highest BCUT2D eigenvalue weighted by molar-refractivity contribution is 5.75. The quantitative estimate of drug-likeness (QED) is 0.456. The first-order chi connectivity index (χ1) is 2.27. The first-order valence-corrected chi connectivity index (χ1v) is 0.910. The average Bonchev–Trinajstić information content (AvgIpc) is 1.38. The highest BCUT2D eigenvalue weighted by atomic mass is 16.4. The highest BCUT2D eigenvalue weighted by Gasteiger charge is 1.97. The molecule has 0 saturated carbocycles. The van der Waals surface area contributed by atoms with Crippen molar-refractivity contribution in [3.05, 3.63) is 4.85 Å². The summed E-state index contributed by atoms with van der Waals surface area (Å²) < 4.78 is 0. The van der Waals surface area contributed by atoms with E-state index in [1.54, 1.807) is 0 Å². The standard InChI is InChI=1S/C2HNO2/c1-3-2(4)5/h1H/p+1. The van der Waals surface area contributed by atoms with Gasteiger partial charge in [-0.1, -0.05) is 0 Å². The second-order valence-electron chi connectivity index (χ2n) is 0.412. The minimum absolute atomic E-state index is 1.34. The van der Waals surface area contributed by atoms with Gasteiger partial charge in [0.1, 0.15) is 0 Å². The van der Waals surface area contributed by atoms with Crippen LogP contribution >= 0.6 is 0 Å². The molecule has 0 spiro atoms. The van der Waals surface area contributed by atoms with Crippen LogP contribution < -0.4 is 0 Å². The fraction of sp³-hybridized carbons (Fsp3) is 0. The van der Waals surface area contributed by atoms with Crippen molar-refractivity contribution in [1.29, 1.82) is 0 Å². The maximum atomic E-state index is 9.08. The lowest BCUT2D eigenvalue weighted by atomic mass is 11.3. The van der Waals surface area contributed by atoms with Crippen LogP contribution in [-0.2, 0) is 0 Å². The van der Waals surface area contributed by atoms with E-state index in [1.165, 1.54) is 0 Å². The highest BCUT2D eigenvalue weighted by Crippen LogP contribution is 1.60. The second kappa shape index (κ2) is 1.30. The van der Waals surface area contributed by atoms with Crippen LogP contribution in [0.15, 0.2) is 0 Å². The van der Waals surface area contributed by atoms with Gasteiger partial charge in [-0.2, -0.15) is 4.79 Å². The zero-order valence-electron chi connectivity index (χ0n) is 2.38. The Labute approximate surface area is 28.7 Å². The summed E-state index contributed by atoms with van der Waals surface area (Å²) in [5.41, 5.74) is 0. The molecule has 0 bridgehead atoms. The van der Waals surface area contributed by atoms with Crippen LogP contribution in [0.2, 0.25) is 0 Å². The fourth-order valence-corrected chi connectivity index (χ4v) is 0. The summed E-state index contributed by atoms with van der Waals surface area (Å²) in [6.45, 7) is 4.20. The molecule has 0 saturated heterocycles. The summed E-state index contributed by atoms with van der Waals surface area (Å²) >= 11 is 0. The number of carbonyl (C=O) groups is 1. The van der Waals surface area contributed by atoms with Gasteiger partial charge in [0.2, 0.25) is 0 Å². The summed E-state index contributed by atoms with van der Waals surface area (Å²) in [4.78, 5) is 11.4. The second-order valence-corrected chi connectivity index (χ2v) is 0.412. The van der Waals surface area contributed by atoms with E-state index in [0.29, 0.717) is 0 Å². The summed E-state index contributed by atoms with van der Waals surface area (Å²) in [6, 6.07) is 0. The van der Waals surface area contributed by atoms with Gasteiger partial charge in [0.25, 0.3) is 6.57 Å². The van der Waals surface area contributed by atoms with Gasteiger partial charge in [-0.15, -0.1) is 0 Å². The number of carboxylic acid groups (broad SMARTS) is 1. The third-order valence-corrected chi connectivity index (χ3v) is 0.110. The molecule has 0 aliphatic heterocycles. The lowest BCUT2D eigenvalue weighted by Gasteiger charge is -1.43. The molecule has 0 unspecified atom stereocenters. The summed E-state index contributed by atoms with van der Waals surface area (Å²) in [7, 11) is 0. The Morgan fingerprint density at radius 2 is 2.20 bits per heavy atom. The van der Waals surface area contributed by atoms with Gasteiger partial charge in [-0.25, -0.2) is 0 Å². The van der Waals surface area contributed by atoms with Gasteiger partial charge in [-0.05, 0) is 0 Å². The number of rotatable bonds is 0. The van der Waals surface area contributed by atoms with Gasteiger partial charge < -0.3 is 5.11 Å². The summed E-state index contributed by atoms with van der Waals surface area (Å²) in [5, 5.41) is 7.43. The molecular formula is C2H2NO2+. The van der Waals surface area contributed by atoms with Crippen LogP contribution in [0.5, 0.6) is 0 Å². The summed E-state index contributed by atoms with van der Waals surface area (Å²) in [5.74, 6) is 0. The van der Waals surface area contributed by atoms with E-state index in [4.69, 9.17) is 9.90 Å². The molecule has 0 aliphatic carbocycles.